The molecule has 0 bridgehead atoms. The van der Waals surface area contributed by atoms with Crippen LogP contribution in [-0.4, -0.2) is 80.5 Å². The second kappa shape index (κ2) is 14.6. The predicted molar refractivity (Wildman–Crippen MR) is 122 cm³/mol. The first-order chi connectivity index (χ1) is 16.8. The van der Waals surface area contributed by atoms with Gasteiger partial charge in [-0.1, -0.05) is 6.07 Å². The molecule has 1 heterocycles. The zero-order valence-electron chi connectivity index (χ0n) is 19.9. The Morgan fingerprint density at radius 2 is 1.80 bits per heavy atom. The summed E-state index contributed by atoms with van der Waals surface area (Å²) in [6.07, 6.45) is 0.346. The van der Waals surface area contributed by atoms with Crippen molar-refractivity contribution in [1.82, 2.24) is 10.2 Å². The monoisotopic (exact) mass is 493 g/mol. The fourth-order valence-corrected chi connectivity index (χ4v) is 3.20. The Morgan fingerprint density at radius 3 is 2.49 bits per heavy atom. The minimum absolute atomic E-state index is 0.0712. The van der Waals surface area contributed by atoms with Crippen LogP contribution < -0.4 is 10.6 Å². The van der Waals surface area contributed by atoms with E-state index in [-0.39, 0.29) is 44.1 Å². The third-order valence-corrected chi connectivity index (χ3v) is 4.92. The van der Waals surface area contributed by atoms with Gasteiger partial charge in [-0.2, -0.15) is 0 Å². The zero-order chi connectivity index (χ0) is 25.6. The number of benzene rings is 1. The Balaban J connectivity index is 1.69. The molecule has 0 radical (unpaired) electrons. The highest BCUT2D eigenvalue weighted by Crippen LogP contribution is 2.15. The molecule has 12 nitrogen and oxygen atoms in total. The molecule has 1 aromatic carbocycles. The van der Waals surface area contributed by atoms with Crippen LogP contribution in [0, 0.1) is 0 Å². The summed E-state index contributed by atoms with van der Waals surface area (Å²) in [5.74, 6) is -1.68. The fourth-order valence-electron chi connectivity index (χ4n) is 3.20. The van der Waals surface area contributed by atoms with Gasteiger partial charge < -0.3 is 34.5 Å². The van der Waals surface area contributed by atoms with E-state index in [9.17, 15) is 24.0 Å². The first-order valence-electron chi connectivity index (χ1n) is 11.3. The highest BCUT2D eigenvalue weighted by molar-refractivity contribution is 5.97. The van der Waals surface area contributed by atoms with Gasteiger partial charge in [0.15, 0.2) is 0 Å². The minimum atomic E-state index is -0.577. The van der Waals surface area contributed by atoms with E-state index in [1.807, 2.05) is 0 Å². The average Bonchev–Trinajstić information content (AvgIpc) is 2.83. The summed E-state index contributed by atoms with van der Waals surface area (Å²) in [5.41, 5.74) is 0.766. The van der Waals surface area contributed by atoms with Crippen molar-refractivity contribution in [3.8, 4) is 0 Å². The van der Waals surface area contributed by atoms with E-state index in [0.29, 0.717) is 37.2 Å². The molecular weight excluding hydrogens is 462 g/mol. The number of carbonyl (C=O) groups excluding carboxylic acids is 5. The molecule has 1 fully saturated rings. The van der Waals surface area contributed by atoms with Crippen molar-refractivity contribution in [2.24, 2.45) is 0 Å². The van der Waals surface area contributed by atoms with Crippen LogP contribution in [0.3, 0.4) is 0 Å². The Morgan fingerprint density at radius 1 is 1.06 bits per heavy atom. The van der Waals surface area contributed by atoms with E-state index >= 15 is 0 Å². The standard InChI is InChI=1S/C23H31N3O9/c1-3-32-21(29)7-10-24-22(30)17-5-4-6-18(13-17)25-20(28)14-33-19-8-11-26(12-9-19)23(31)35-15-34-16(2)27/h4-6,13,19H,3,7-12,14-15H2,1-2H3,(H,24,30)(H,25,28). The second-order valence-corrected chi connectivity index (χ2v) is 7.60. The zero-order valence-corrected chi connectivity index (χ0v) is 19.9. The molecule has 2 rings (SSSR count). The summed E-state index contributed by atoms with van der Waals surface area (Å²) >= 11 is 0. The van der Waals surface area contributed by atoms with E-state index in [1.54, 1.807) is 25.1 Å². The maximum atomic E-state index is 12.3. The van der Waals surface area contributed by atoms with Crippen LogP contribution in [0.5, 0.6) is 0 Å². The number of piperidine rings is 1. The summed E-state index contributed by atoms with van der Waals surface area (Å²) in [6.45, 7) is 3.52. The van der Waals surface area contributed by atoms with Gasteiger partial charge in [-0.05, 0) is 38.0 Å². The van der Waals surface area contributed by atoms with Gasteiger partial charge in [-0.3, -0.25) is 19.2 Å². The van der Waals surface area contributed by atoms with Crippen LogP contribution in [-0.2, 0) is 33.3 Å². The number of amides is 3. The lowest BCUT2D eigenvalue weighted by Gasteiger charge is -2.30. The molecule has 0 aliphatic carbocycles. The smallest absolute Gasteiger partial charge is 0.412 e. The molecule has 1 saturated heterocycles. The number of likely N-dealkylation sites (tertiary alicyclic amines) is 1. The Labute approximate surface area is 203 Å². The van der Waals surface area contributed by atoms with E-state index in [2.05, 4.69) is 15.4 Å². The van der Waals surface area contributed by atoms with Crippen LogP contribution in [0.4, 0.5) is 10.5 Å². The van der Waals surface area contributed by atoms with Gasteiger partial charge in [-0.25, -0.2) is 4.79 Å². The average molecular weight is 494 g/mol. The maximum absolute atomic E-state index is 12.3. The minimum Gasteiger partial charge on any atom is -0.466 e. The highest BCUT2D eigenvalue weighted by atomic mass is 16.7. The van der Waals surface area contributed by atoms with Crippen LogP contribution >= 0.6 is 0 Å². The first-order valence-corrected chi connectivity index (χ1v) is 11.3. The molecule has 0 aromatic heterocycles. The number of esters is 2. The third kappa shape index (κ3) is 10.4. The van der Waals surface area contributed by atoms with Gasteiger partial charge in [0.2, 0.25) is 12.7 Å². The normalized spacial score (nSPS) is 13.5. The molecule has 35 heavy (non-hydrogen) atoms. The number of anilines is 1. The maximum Gasteiger partial charge on any atom is 0.412 e. The predicted octanol–water partition coefficient (Wildman–Crippen LogP) is 1.45. The number of ether oxygens (including phenoxy) is 4. The Hall–Kier alpha value is -3.67. The van der Waals surface area contributed by atoms with E-state index in [1.165, 1.54) is 17.9 Å². The Bertz CT molecular complexity index is 898. The number of hydrogen-bond acceptors (Lipinski definition) is 9. The van der Waals surface area contributed by atoms with Crippen molar-refractivity contribution in [1.29, 1.82) is 0 Å². The van der Waals surface area contributed by atoms with Crippen molar-refractivity contribution < 1.29 is 42.9 Å². The van der Waals surface area contributed by atoms with Crippen molar-refractivity contribution in [3.05, 3.63) is 29.8 Å². The molecular formula is C23H31N3O9. The molecule has 1 aromatic rings. The van der Waals surface area contributed by atoms with Crippen molar-refractivity contribution in [2.45, 2.75) is 39.2 Å². The molecule has 3 amide bonds. The summed E-state index contributed by atoms with van der Waals surface area (Å²) in [7, 11) is 0. The van der Waals surface area contributed by atoms with Gasteiger partial charge >= 0.3 is 18.0 Å². The van der Waals surface area contributed by atoms with Gasteiger partial charge in [0, 0.05) is 37.8 Å². The third-order valence-electron chi connectivity index (χ3n) is 4.92. The fraction of sp³-hybridized carbons (Fsp3) is 0.522. The quantitative estimate of drug-likeness (QED) is 0.345. The van der Waals surface area contributed by atoms with Crippen LogP contribution in [0.15, 0.2) is 24.3 Å². The molecule has 192 valence electrons. The van der Waals surface area contributed by atoms with Gasteiger partial charge in [-0.15, -0.1) is 0 Å². The van der Waals surface area contributed by atoms with Crippen LogP contribution in [0.1, 0.15) is 43.5 Å². The molecule has 0 saturated carbocycles. The lowest BCUT2D eigenvalue weighted by molar-refractivity contribution is -0.150. The van der Waals surface area contributed by atoms with Crippen LogP contribution in [0.2, 0.25) is 0 Å². The summed E-state index contributed by atoms with van der Waals surface area (Å²) in [6, 6.07) is 6.40. The van der Waals surface area contributed by atoms with Crippen LogP contribution in [0.25, 0.3) is 0 Å². The molecule has 1 aliphatic heterocycles. The number of nitrogens with zero attached hydrogens (tertiary/aromatic N) is 1. The van der Waals surface area contributed by atoms with Gasteiger partial charge in [0.1, 0.15) is 6.61 Å². The topological polar surface area (TPSA) is 150 Å². The van der Waals surface area contributed by atoms with E-state index in [4.69, 9.17) is 14.2 Å². The SMILES string of the molecule is CCOC(=O)CCNC(=O)c1cccc(NC(=O)COC2CCN(C(=O)OCOC(C)=O)CC2)c1. The molecule has 0 spiro atoms. The lowest BCUT2D eigenvalue weighted by atomic mass is 10.1. The highest BCUT2D eigenvalue weighted by Gasteiger charge is 2.25. The van der Waals surface area contributed by atoms with Crippen molar-refractivity contribution in [2.75, 3.05) is 45.0 Å². The molecule has 0 unspecified atom stereocenters. The number of rotatable bonds is 11. The molecule has 0 atom stereocenters. The van der Waals surface area contributed by atoms with Crippen molar-refractivity contribution >= 4 is 35.5 Å². The van der Waals surface area contributed by atoms with E-state index in [0.717, 1.165) is 0 Å². The number of nitrogens with one attached hydrogen (secondary N) is 2. The van der Waals surface area contributed by atoms with Crippen molar-refractivity contribution in [3.63, 3.8) is 0 Å². The Kier molecular flexibility index (Phi) is 11.5. The summed E-state index contributed by atoms with van der Waals surface area (Å²) < 4.78 is 19.9. The number of carbonyl (C=O) groups is 5. The lowest BCUT2D eigenvalue weighted by Crippen LogP contribution is -2.42. The largest absolute Gasteiger partial charge is 0.466 e. The second-order valence-electron chi connectivity index (χ2n) is 7.60. The number of hydrogen-bond donors (Lipinski definition) is 2. The first kappa shape index (κ1) is 27.6. The van der Waals surface area contributed by atoms with E-state index < -0.39 is 24.8 Å². The molecule has 2 N–H and O–H groups in total. The molecule has 12 heteroatoms. The van der Waals surface area contributed by atoms with Gasteiger partial charge in [0.25, 0.3) is 5.91 Å². The summed E-state index contributed by atoms with van der Waals surface area (Å²) in [4.78, 5) is 60.0. The summed E-state index contributed by atoms with van der Waals surface area (Å²) in [5, 5.41) is 5.31. The molecule has 1 aliphatic rings. The van der Waals surface area contributed by atoms with Gasteiger partial charge in [0.05, 0.1) is 19.1 Å².